The standard InChI is InChI=1S/C21H25N7O3/c1-15-23-19(14-20(24-15)28-8-4-7-22-28)26-9-11-27(12-10-26)21(29)25-17-13-16(30-2)5-6-18(17)31-3/h4-8,13-14H,9-12H2,1-3H3,(H,25,29). The fourth-order valence-corrected chi connectivity index (χ4v) is 3.46. The number of hydrogen-bond acceptors (Lipinski definition) is 7. The van der Waals surface area contributed by atoms with Gasteiger partial charge >= 0.3 is 6.03 Å². The molecular formula is C21H25N7O3. The third kappa shape index (κ3) is 4.52. The third-order valence-corrected chi connectivity index (χ3v) is 5.09. The van der Waals surface area contributed by atoms with Gasteiger partial charge in [0.2, 0.25) is 0 Å². The molecule has 3 aromatic rings. The van der Waals surface area contributed by atoms with E-state index in [0.717, 1.165) is 11.6 Å². The van der Waals surface area contributed by atoms with Crippen molar-refractivity contribution >= 4 is 17.5 Å². The number of anilines is 2. The summed E-state index contributed by atoms with van der Waals surface area (Å²) in [6.07, 6.45) is 3.56. The van der Waals surface area contributed by atoms with Crippen LogP contribution in [0, 0.1) is 6.92 Å². The van der Waals surface area contributed by atoms with Gasteiger partial charge in [-0.2, -0.15) is 5.10 Å². The Labute approximate surface area is 180 Å². The van der Waals surface area contributed by atoms with E-state index in [1.807, 2.05) is 25.3 Å². The zero-order valence-corrected chi connectivity index (χ0v) is 17.8. The molecule has 0 aliphatic carbocycles. The molecule has 1 aliphatic rings. The SMILES string of the molecule is COc1ccc(OC)c(NC(=O)N2CCN(c3cc(-n4cccn4)nc(C)n3)CC2)c1. The van der Waals surface area contributed by atoms with E-state index in [9.17, 15) is 4.79 Å². The summed E-state index contributed by atoms with van der Waals surface area (Å²) in [6.45, 7) is 4.33. The Hall–Kier alpha value is -3.82. The van der Waals surface area contributed by atoms with Crippen LogP contribution in [0.2, 0.25) is 0 Å². The Morgan fingerprint density at radius 2 is 1.81 bits per heavy atom. The molecule has 0 atom stereocenters. The minimum atomic E-state index is -0.178. The Kier molecular flexibility index (Phi) is 5.87. The van der Waals surface area contributed by atoms with Gasteiger partial charge in [0.1, 0.15) is 23.1 Å². The number of benzene rings is 1. The number of carbonyl (C=O) groups excluding carboxylic acids is 1. The summed E-state index contributed by atoms with van der Waals surface area (Å²) in [5, 5.41) is 7.17. The number of nitrogens with zero attached hydrogens (tertiary/aromatic N) is 6. The van der Waals surface area contributed by atoms with Crippen molar-refractivity contribution in [1.29, 1.82) is 0 Å². The summed E-state index contributed by atoms with van der Waals surface area (Å²) in [5.74, 6) is 3.45. The number of aromatic nitrogens is 4. The van der Waals surface area contributed by atoms with E-state index in [2.05, 4.69) is 25.3 Å². The number of hydrogen-bond donors (Lipinski definition) is 1. The van der Waals surface area contributed by atoms with Crippen molar-refractivity contribution in [2.45, 2.75) is 6.92 Å². The number of amides is 2. The van der Waals surface area contributed by atoms with E-state index >= 15 is 0 Å². The summed E-state index contributed by atoms with van der Waals surface area (Å²) in [7, 11) is 3.15. The van der Waals surface area contributed by atoms with Crippen LogP contribution >= 0.6 is 0 Å². The zero-order chi connectivity index (χ0) is 21.8. The summed E-state index contributed by atoms with van der Waals surface area (Å²) in [6, 6.07) is 8.88. The molecule has 1 saturated heterocycles. The van der Waals surface area contributed by atoms with Gasteiger partial charge in [0, 0.05) is 50.7 Å². The maximum Gasteiger partial charge on any atom is 0.322 e. The summed E-state index contributed by atoms with van der Waals surface area (Å²) in [4.78, 5) is 25.8. The van der Waals surface area contributed by atoms with Crippen LogP contribution in [0.3, 0.4) is 0 Å². The van der Waals surface area contributed by atoms with Crippen LogP contribution in [-0.2, 0) is 0 Å². The number of piperazine rings is 1. The second-order valence-electron chi connectivity index (χ2n) is 7.05. The van der Waals surface area contributed by atoms with Crippen molar-refractivity contribution in [1.82, 2.24) is 24.6 Å². The smallest absolute Gasteiger partial charge is 0.322 e. The van der Waals surface area contributed by atoms with Crippen molar-refractivity contribution < 1.29 is 14.3 Å². The predicted molar refractivity (Wildman–Crippen MR) is 116 cm³/mol. The van der Waals surface area contributed by atoms with E-state index in [4.69, 9.17) is 9.47 Å². The van der Waals surface area contributed by atoms with Crippen LogP contribution in [0.5, 0.6) is 11.5 Å². The van der Waals surface area contributed by atoms with Crippen LogP contribution in [0.25, 0.3) is 5.82 Å². The number of aryl methyl sites for hydroxylation is 1. The predicted octanol–water partition coefficient (Wildman–Crippen LogP) is 2.34. The van der Waals surface area contributed by atoms with Crippen LogP contribution in [-0.4, -0.2) is 71.1 Å². The monoisotopic (exact) mass is 423 g/mol. The first-order chi connectivity index (χ1) is 15.1. The molecule has 31 heavy (non-hydrogen) atoms. The van der Waals surface area contributed by atoms with Gasteiger partial charge in [-0.25, -0.2) is 19.4 Å². The van der Waals surface area contributed by atoms with Crippen LogP contribution in [0.15, 0.2) is 42.7 Å². The van der Waals surface area contributed by atoms with E-state index in [1.165, 1.54) is 0 Å². The van der Waals surface area contributed by atoms with Crippen molar-refractivity contribution in [3.63, 3.8) is 0 Å². The molecule has 162 valence electrons. The second-order valence-corrected chi connectivity index (χ2v) is 7.05. The topological polar surface area (TPSA) is 97.6 Å². The molecule has 0 unspecified atom stereocenters. The second kappa shape index (κ2) is 8.90. The molecule has 2 amide bonds. The Balaban J connectivity index is 1.42. The van der Waals surface area contributed by atoms with Crippen LogP contribution < -0.4 is 19.7 Å². The molecule has 1 aromatic carbocycles. The van der Waals surface area contributed by atoms with E-state index in [-0.39, 0.29) is 6.03 Å². The average Bonchev–Trinajstić information content (AvgIpc) is 3.34. The first kappa shape index (κ1) is 20.5. The highest BCUT2D eigenvalue weighted by Gasteiger charge is 2.23. The van der Waals surface area contributed by atoms with Crippen molar-refractivity contribution in [2.75, 3.05) is 50.6 Å². The zero-order valence-electron chi connectivity index (χ0n) is 17.8. The highest BCUT2D eigenvalue weighted by Crippen LogP contribution is 2.29. The van der Waals surface area contributed by atoms with E-state index < -0.39 is 0 Å². The van der Waals surface area contributed by atoms with Crippen molar-refractivity contribution in [3.05, 3.63) is 48.5 Å². The van der Waals surface area contributed by atoms with Gasteiger partial charge < -0.3 is 24.6 Å². The highest BCUT2D eigenvalue weighted by molar-refractivity contribution is 5.91. The molecule has 1 N–H and O–H groups in total. The minimum absolute atomic E-state index is 0.178. The minimum Gasteiger partial charge on any atom is -0.497 e. The quantitative estimate of drug-likeness (QED) is 0.673. The first-order valence-electron chi connectivity index (χ1n) is 9.96. The Morgan fingerprint density at radius 3 is 2.48 bits per heavy atom. The summed E-state index contributed by atoms with van der Waals surface area (Å²) < 4.78 is 12.3. The Morgan fingerprint density at radius 1 is 1.03 bits per heavy atom. The fraction of sp³-hybridized carbons (Fsp3) is 0.333. The molecule has 0 bridgehead atoms. The number of nitrogens with one attached hydrogen (secondary N) is 1. The van der Waals surface area contributed by atoms with Crippen molar-refractivity contribution in [3.8, 4) is 17.3 Å². The molecule has 10 heteroatoms. The molecule has 1 fully saturated rings. The largest absolute Gasteiger partial charge is 0.497 e. The first-order valence-corrected chi connectivity index (χ1v) is 9.96. The maximum atomic E-state index is 12.8. The van der Waals surface area contributed by atoms with Gasteiger partial charge in [-0.3, -0.25) is 0 Å². The van der Waals surface area contributed by atoms with Gasteiger partial charge in [-0.15, -0.1) is 0 Å². The van der Waals surface area contributed by atoms with Gasteiger partial charge in [0.15, 0.2) is 5.82 Å². The molecular weight excluding hydrogens is 398 g/mol. The normalized spacial score (nSPS) is 13.8. The number of ether oxygens (including phenoxy) is 2. The molecule has 10 nitrogen and oxygen atoms in total. The molecule has 1 aliphatic heterocycles. The maximum absolute atomic E-state index is 12.8. The number of carbonyl (C=O) groups is 1. The average molecular weight is 423 g/mol. The fourth-order valence-electron chi connectivity index (χ4n) is 3.46. The number of methoxy groups -OCH3 is 2. The van der Waals surface area contributed by atoms with Gasteiger partial charge in [0.25, 0.3) is 0 Å². The molecule has 0 radical (unpaired) electrons. The van der Waals surface area contributed by atoms with E-state index in [1.54, 1.807) is 48.2 Å². The lowest BCUT2D eigenvalue weighted by atomic mass is 10.2. The molecule has 0 spiro atoms. The molecule has 4 rings (SSSR count). The van der Waals surface area contributed by atoms with Crippen LogP contribution in [0.1, 0.15) is 5.82 Å². The van der Waals surface area contributed by atoms with Gasteiger partial charge in [-0.05, 0) is 25.1 Å². The van der Waals surface area contributed by atoms with E-state index in [0.29, 0.717) is 49.2 Å². The van der Waals surface area contributed by atoms with Gasteiger partial charge in [0.05, 0.1) is 19.9 Å². The highest BCUT2D eigenvalue weighted by atomic mass is 16.5. The number of urea groups is 1. The Bertz CT molecular complexity index is 1050. The lowest BCUT2D eigenvalue weighted by molar-refractivity contribution is 0.208. The third-order valence-electron chi connectivity index (χ3n) is 5.09. The van der Waals surface area contributed by atoms with Gasteiger partial charge in [-0.1, -0.05) is 0 Å². The molecule has 2 aromatic heterocycles. The summed E-state index contributed by atoms with van der Waals surface area (Å²) >= 11 is 0. The number of rotatable bonds is 5. The molecule has 3 heterocycles. The molecule has 0 saturated carbocycles. The lowest BCUT2D eigenvalue weighted by Crippen LogP contribution is -2.50. The summed E-state index contributed by atoms with van der Waals surface area (Å²) in [5.41, 5.74) is 0.574. The van der Waals surface area contributed by atoms with Crippen molar-refractivity contribution in [2.24, 2.45) is 0 Å². The lowest BCUT2D eigenvalue weighted by Gasteiger charge is -2.35. The van der Waals surface area contributed by atoms with Crippen LogP contribution in [0.4, 0.5) is 16.3 Å².